The molecule has 3 nitrogen and oxygen atoms in total. The second-order valence-corrected chi connectivity index (χ2v) is 2.92. The van der Waals surface area contributed by atoms with Crippen LogP contribution in [0.3, 0.4) is 0 Å². The lowest BCUT2D eigenvalue weighted by Gasteiger charge is -1.96. The zero-order chi connectivity index (χ0) is 9.97. The number of hydrogen-bond donors (Lipinski definition) is 1. The van der Waals surface area contributed by atoms with E-state index in [4.69, 9.17) is 16.4 Å². The maximum absolute atomic E-state index is 8.79. The Kier molecular flexibility index (Phi) is 2.33. The molecule has 1 N–H and O–H groups in total. The molecular weight excluding hydrogens is 178 g/mol. The molecule has 0 bridgehead atoms. The first-order valence-corrected chi connectivity index (χ1v) is 4.21. The molecule has 1 heterocycles. The van der Waals surface area contributed by atoms with Crippen molar-refractivity contribution >= 4 is 0 Å². The van der Waals surface area contributed by atoms with E-state index in [9.17, 15) is 0 Å². The van der Waals surface area contributed by atoms with Crippen LogP contribution in [0.15, 0.2) is 34.9 Å². The van der Waals surface area contributed by atoms with Crippen LogP contribution in [0.4, 0.5) is 0 Å². The molecule has 0 spiro atoms. The SMILES string of the molecule is [CH]c1cccc(-c2ncc(CO)o2)c1. The van der Waals surface area contributed by atoms with Gasteiger partial charge in [0.2, 0.25) is 5.89 Å². The second kappa shape index (κ2) is 3.64. The van der Waals surface area contributed by atoms with E-state index in [2.05, 4.69) is 4.98 Å². The van der Waals surface area contributed by atoms with E-state index in [0.717, 1.165) is 5.56 Å². The zero-order valence-corrected chi connectivity index (χ0v) is 7.47. The Bertz CT molecular complexity index is 434. The van der Waals surface area contributed by atoms with E-state index in [-0.39, 0.29) is 6.61 Å². The van der Waals surface area contributed by atoms with Gasteiger partial charge in [-0.2, -0.15) is 0 Å². The third kappa shape index (κ3) is 1.67. The summed E-state index contributed by atoms with van der Waals surface area (Å²) in [7, 11) is 0. The Morgan fingerprint density at radius 3 is 2.93 bits per heavy atom. The number of oxazole rings is 1. The Hall–Kier alpha value is -1.61. The highest BCUT2D eigenvalue weighted by Gasteiger charge is 2.05. The van der Waals surface area contributed by atoms with Gasteiger partial charge >= 0.3 is 0 Å². The summed E-state index contributed by atoms with van der Waals surface area (Å²) in [6.07, 6.45) is 1.50. The van der Waals surface area contributed by atoms with E-state index in [1.54, 1.807) is 12.1 Å². The number of aliphatic hydroxyl groups excluding tert-OH is 1. The topological polar surface area (TPSA) is 46.3 Å². The fourth-order valence-electron chi connectivity index (χ4n) is 1.19. The summed E-state index contributed by atoms with van der Waals surface area (Å²) in [4.78, 5) is 4.02. The van der Waals surface area contributed by atoms with Crippen LogP contribution in [0.2, 0.25) is 0 Å². The summed E-state index contributed by atoms with van der Waals surface area (Å²) in [6, 6.07) is 7.24. The monoisotopic (exact) mass is 187 g/mol. The third-order valence-corrected chi connectivity index (χ3v) is 1.84. The molecule has 14 heavy (non-hydrogen) atoms. The average molecular weight is 187 g/mol. The third-order valence-electron chi connectivity index (χ3n) is 1.84. The van der Waals surface area contributed by atoms with E-state index in [1.165, 1.54) is 6.20 Å². The van der Waals surface area contributed by atoms with Crippen LogP contribution in [0, 0.1) is 6.92 Å². The largest absolute Gasteiger partial charge is 0.439 e. The minimum absolute atomic E-state index is 0.144. The second-order valence-electron chi connectivity index (χ2n) is 2.92. The van der Waals surface area contributed by atoms with Crippen molar-refractivity contribution in [3.05, 3.63) is 48.7 Å². The highest BCUT2D eigenvalue weighted by atomic mass is 16.4. The fraction of sp³-hybridized carbons (Fsp3) is 0.0909. The van der Waals surface area contributed by atoms with Crippen molar-refractivity contribution in [1.29, 1.82) is 0 Å². The van der Waals surface area contributed by atoms with Gasteiger partial charge < -0.3 is 9.52 Å². The van der Waals surface area contributed by atoms with Gasteiger partial charge in [0.05, 0.1) is 6.20 Å². The number of hydrogen-bond acceptors (Lipinski definition) is 3. The Balaban J connectivity index is 2.39. The van der Waals surface area contributed by atoms with E-state index in [0.29, 0.717) is 17.2 Å². The predicted molar refractivity (Wildman–Crippen MR) is 51.3 cm³/mol. The molecule has 70 valence electrons. The standard InChI is InChI=1S/C11H9NO2/c1-8-3-2-4-9(5-8)11-12-6-10(7-13)14-11/h1-6,13H,7H2. The zero-order valence-electron chi connectivity index (χ0n) is 7.47. The highest BCUT2D eigenvalue weighted by Crippen LogP contribution is 2.19. The van der Waals surface area contributed by atoms with E-state index < -0.39 is 0 Å². The van der Waals surface area contributed by atoms with E-state index in [1.807, 2.05) is 12.1 Å². The summed E-state index contributed by atoms with van der Waals surface area (Å²) < 4.78 is 5.26. The highest BCUT2D eigenvalue weighted by molar-refractivity contribution is 5.54. The van der Waals surface area contributed by atoms with Gasteiger partial charge in [0.25, 0.3) is 0 Å². The van der Waals surface area contributed by atoms with Crippen LogP contribution in [-0.2, 0) is 6.61 Å². The van der Waals surface area contributed by atoms with Crippen LogP contribution in [-0.4, -0.2) is 10.1 Å². The Morgan fingerprint density at radius 1 is 1.43 bits per heavy atom. The van der Waals surface area contributed by atoms with E-state index >= 15 is 0 Å². The minimum Gasteiger partial charge on any atom is -0.439 e. The van der Waals surface area contributed by atoms with Gasteiger partial charge in [-0.05, 0) is 24.6 Å². The fourth-order valence-corrected chi connectivity index (χ4v) is 1.19. The molecule has 0 unspecified atom stereocenters. The molecule has 3 heteroatoms. The molecular formula is C11H9NO2. The van der Waals surface area contributed by atoms with Crippen LogP contribution >= 0.6 is 0 Å². The molecule has 0 fully saturated rings. The van der Waals surface area contributed by atoms with Crippen molar-refractivity contribution in [3.8, 4) is 11.5 Å². The van der Waals surface area contributed by atoms with Crippen LogP contribution in [0.25, 0.3) is 11.5 Å². The number of nitrogens with zero attached hydrogens (tertiary/aromatic N) is 1. The molecule has 1 aromatic carbocycles. The molecule has 0 aliphatic heterocycles. The van der Waals surface area contributed by atoms with Gasteiger partial charge in [-0.25, -0.2) is 4.98 Å². The molecule has 0 saturated heterocycles. The summed E-state index contributed by atoms with van der Waals surface area (Å²) >= 11 is 0. The smallest absolute Gasteiger partial charge is 0.226 e. The number of benzene rings is 1. The van der Waals surface area contributed by atoms with Gasteiger partial charge in [0, 0.05) is 5.56 Å². The van der Waals surface area contributed by atoms with Crippen molar-refractivity contribution in [2.24, 2.45) is 0 Å². The molecule has 0 aliphatic carbocycles. The van der Waals surface area contributed by atoms with Crippen molar-refractivity contribution in [3.63, 3.8) is 0 Å². The average Bonchev–Trinajstić information content (AvgIpc) is 2.66. The van der Waals surface area contributed by atoms with Crippen LogP contribution in [0.5, 0.6) is 0 Å². The first-order chi connectivity index (χ1) is 6.79. The molecule has 0 amide bonds. The van der Waals surface area contributed by atoms with Gasteiger partial charge in [-0.1, -0.05) is 12.1 Å². The van der Waals surface area contributed by atoms with Crippen molar-refractivity contribution < 1.29 is 9.52 Å². The lowest BCUT2D eigenvalue weighted by atomic mass is 10.1. The predicted octanol–water partition coefficient (Wildman–Crippen LogP) is 1.89. The Morgan fingerprint density at radius 2 is 2.29 bits per heavy atom. The lowest BCUT2D eigenvalue weighted by molar-refractivity contribution is 0.248. The molecule has 2 aromatic rings. The number of aliphatic hydroxyl groups is 1. The molecule has 0 atom stereocenters. The Labute approximate surface area is 82.0 Å². The number of aromatic nitrogens is 1. The molecule has 2 radical (unpaired) electrons. The molecule has 1 aromatic heterocycles. The van der Waals surface area contributed by atoms with Gasteiger partial charge in [0.15, 0.2) is 0 Å². The number of rotatable bonds is 2. The van der Waals surface area contributed by atoms with Crippen LogP contribution < -0.4 is 0 Å². The van der Waals surface area contributed by atoms with Gasteiger partial charge in [0.1, 0.15) is 12.4 Å². The van der Waals surface area contributed by atoms with Crippen molar-refractivity contribution in [2.75, 3.05) is 0 Å². The van der Waals surface area contributed by atoms with Gasteiger partial charge in [-0.3, -0.25) is 0 Å². The normalized spacial score (nSPS) is 10.4. The molecule has 0 saturated carbocycles. The first kappa shape index (κ1) is 8.97. The quantitative estimate of drug-likeness (QED) is 0.780. The maximum atomic E-state index is 8.79. The summed E-state index contributed by atoms with van der Waals surface area (Å²) in [5, 5.41) is 8.79. The van der Waals surface area contributed by atoms with Crippen molar-refractivity contribution in [2.45, 2.75) is 6.61 Å². The summed E-state index contributed by atoms with van der Waals surface area (Å²) in [5.41, 5.74) is 1.47. The van der Waals surface area contributed by atoms with Crippen molar-refractivity contribution in [1.82, 2.24) is 4.98 Å². The van der Waals surface area contributed by atoms with Crippen LogP contribution in [0.1, 0.15) is 11.3 Å². The summed E-state index contributed by atoms with van der Waals surface area (Å²) in [5.74, 6) is 0.920. The summed E-state index contributed by atoms with van der Waals surface area (Å²) in [6.45, 7) is 5.47. The first-order valence-electron chi connectivity index (χ1n) is 4.21. The minimum atomic E-state index is -0.144. The molecule has 0 aliphatic rings. The van der Waals surface area contributed by atoms with Gasteiger partial charge in [-0.15, -0.1) is 0 Å². The maximum Gasteiger partial charge on any atom is 0.226 e. The molecule has 2 rings (SSSR count). The lowest BCUT2D eigenvalue weighted by Crippen LogP contribution is -1.78.